The van der Waals surface area contributed by atoms with Crippen LogP contribution in [0.3, 0.4) is 0 Å². The van der Waals surface area contributed by atoms with Gasteiger partial charge in [-0.1, -0.05) is 6.07 Å². The maximum atomic E-state index is 11.7. The first-order valence-corrected chi connectivity index (χ1v) is 7.83. The molecule has 114 valence electrons. The molecule has 2 aliphatic rings. The summed E-state index contributed by atoms with van der Waals surface area (Å²) in [6, 6.07) is 8.72. The van der Waals surface area contributed by atoms with Crippen LogP contribution in [-0.4, -0.2) is 50.2 Å². The highest BCUT2D eigenvalue weighted by Gasteiger charge is 2.21. The van der Waals surface area contributed by atoms with Crippen LogP contribution in [0.25, 0.3) is 0 Å². The van der Waals surface area contributed by atoms with Crippen LogP contribution in [0, 0.1) is 0 Å². The van der Waals surface area contributed by atoms with Gasteiger partial charge < -0.3 is 15.5 Å². The Hall–Kier alpha value is -1.75. The lowest BCUT2D eigenvalue weighted by atomic mass is 10.1. The van der Waals surface area contributed by atoms with Crippen LogP contribution < -0.4 is 15.5 Å². The molecule has 2 fully saturated rings. The molecule has 2 N–H and O–H groups in total. The molecular weight excluding hydrogens is 264 g/mol. The molecule has 3 rings (SSSR count). The van der Waals surface area contributed by atoms with Gasteiger partial charge in [-0.05, 0) is 57.6 Å². The molecule has 0 saturated carbocycles. The van der Waals surface area contributed by atoms with E-state index in [2.05, 4.69) is 34.7 Å². The average molecular weight is 288 g/mol. The fraction of sp³-hybridized carbons (Fsp3) is 0.562. The second-order valence-electron chi connectivity index (χ2n) is 6.01. The molecule has 21 heavy (non-hydrogen) atoms. The van der Waals surface area contributed by atoms with Gasteiger partial charge in [0.15, 0.2) is 0 Å². The first-order valence-electron chi connectivity index (χ1n) is 7.83. The number of nitrogens with one attached hydrogen (secondary N) is 2. The number of hydrogen-bond acceptors (Lipinski definition) is 3. The van der Waals surface area contributed by atoms with Gasteiger partial charge in [0.2, 0.25) is 0 Å². The summed E-state index contributed by atoms with van der Waals surface area (Å²) in [7, 11) is 2.19. The lowest BCUT2D eigenvalue weighted by molar-refractivity contribution is 0.252. The van der Waals surface area contributed by atoms with Gasteiger partial charge in [0.25, 0.3) is 0 Å². The minimum atomic E-state index is 0.00300. The zero-order valence-corrected chi connectivity index (χ0v) is 12.6. The topological polar surface area (TPSA) is 47.6 Å². The number of rotatable bonds is 3. The zero-order chi connectivity index (χ0) is 14.7. The highest BCUT2D eigenvalue weighted by Crippen LogP contribution is 2.23. The van der Waals surface area contributed by atoms with Crippen LogP contribution in [0.1, 0.15) is 19.3 Å². The predicted octanol–water partition coefficient (Wildman–Crippen LogP) is 2.11. The molecule has 0 radical (unpaired) electrons. The fourth-order valence-corrected chi connectivity index (χ4v) is 3.10. The van der Waals surface area contributed by atoms with Gasteiger partial charge in [-0.25, -0.2) is 4.79 Å². The smallest absolute Gasteiger partial charge is 0.321 e. The summed E-state index contributed by atoms with van der Waals surface area (Å²) in [4.78, 5) is 15.9. The summed E-state index contributed by atoms with van der Waals surface area (Å²) >= 11 is 0. The zero-order valence-electron chi connectivity index (χ0n) is 12.6. The van der Waals surface area contributed by atoms with E-state index < -0.39 is 0 Å². The number of hydrogen-bond donors (Lipinski definition) is 2. The van der Waals surface area contributed by atoms with Gasteiger partial charge in [-0.15, -0.1) is 0 Å². The van der Waals surface area contributed by atoms with Crippen LogP contribution in [0.15, 0.2) is 24.3 Å². The summed E-state index contributed by atoms with van der Waals surface area (Å²) in [5, 5.41) is 6.48. The number of anilines is 2. The van der Waals surface area contributed by atoms with Crippen LogP contribution in [0.4, 0.5) is 16.2 Å². The third kappa shape index (κ3) is 3.47. The van der Waals surface area contributed by atoms with E-state index in [0.29, 0.717) is 6.04 Å². The van der Waals surface area contributed by atoms with Crippen molar-refractivity contribution in [1.29, 1.82) is 0 Å². The maximum absolute atomic E-state index is 11.7. The standard InChI is InChI=1S/C16H24N4O/c1-19-9-3-5-13(7-10-19)18-14-4-2-6-15(12-14)20-11-8-17-16(20)21/h2,4,6,12-13,18H,3,5,7-11H2,1H3,(H,17,21). The third-order valence-corrected chi connectivity index (χ3v) is 4.34. The second-order valence-corrected chi connectivity index (χ2v) is 6.01. The lowest BCUT2D eigenvalue weighted by Gasteiger charge is -2.20. The van der Waals surface area contributed by atoms with E-state index in [1.165, 1.54) is 25.8 Å². The number of likely N-dealkylation sites (tertiary alicyclic amines) is 1. The first-order chi connectivity index (χ1) is 10.2. The normalized spacial score (nSPS) is 23.8. The minimum absolute atomic E-state index is 0.00300. The van der Waals surface area contributed by atoms with Crippen molar-refractivity contribution in [2.24, 2.45) is 0 Å². The number of nitrogens with zero attached hydrogens (tertiary/aromatic N) is 2. The molecule has 1 aromatic carbocycles. The largest absolute Gasteiger partial charge is 0.382 e. The van der Waals surface area contributed by atoms with Crippen LogP contribution in [0.5, 0.6) is 0 Å². The van der Waals surface area contributed by atoms with Crippen molar-refractivity contribution in [1.82, 2.24) is 10.2 Å². The molecule has 0 spiro atoms. The van der Waals surface area contributed by atoms with Gasteiger partial charge in [-0.2, -0.15) is 0 Å². The van der Waals surface area contributed by atoms with Crippen molar-refractivity contribution in [2.45, 2.75) is 25.3 Å². The second kappa shape index (κ2) is 6.35. The summed E-state index contributed by atoms with van der Waals surface area (Å²) in [5.74, 6) is 0. The Morgan fingerprint density at radius 1 is 1.24 bits per heavy atom. The fourth-order valence-electron chi connectivity index (χ4n) is 3.10. The molecule has 2 saturated heterocycles. The van der Waals surface area contributed by atoms with E-state index >= 15 is 0 Å². The molecule has 0 bridgehead atoms. The Balaban J connectivity index is 1.67. The van der Waals surface area contributed by atoms with Crippen molar-refractivity contribution >= 4 is 17.4 Å². The van der Waals surface area contributed by atoms with Crippen molar-refractivity contribution < 1.29 is 4.79 Å². The van der Waals surface area contributed by atoms with Crippen molar-refractivity contribution in [3.8, 4) is 0 Å². The molecule has 1 unspecified atom stereocenters. The van der Waals surface area contributed by atoms with Crippen LogP contribution in [-0.2, 0) is 0 Å². The first kappa shape index (κ1) is 14.2. The number of benzene rings is 1. The van der Waals surface area contributed by atoms with E-state index in [4.69, 9.17) is 0 Å². The molecule has 2 aliphatic heterocycles. The summed E-state index contributed by atoms with van der Waals surface area (Å²) in [6.45, 7) is 3.81. The minimum Gasteiger partial charge on any atom is -0.382 e. The Bertz CT molecular complexity index is 505. The Kier molecular flexibility index (Phi) is 4.29. The molecule has 1 aromatic rings. The van der Waals surface area contributed by atoms with Gasteiger partial charge in [0.1, 0.15) is 0 Å². The van der Waals surface area contributed by atoms with Crippen LogP contribution >= 0.6 is 0 Å². The van der Waals surface area contributed by atoms with E-state index in [9.17, 15) is 4.79 Å². The summed E-state index contributed by atoms with van der Waals surface area (Å²) in [5.41, 5.74) is 2.09. The monoisotopic (exact) mass is 288 g/mol. The Morgan fingerprint density at radius 3 is 2.95 bits per heavy atom. The highest BCUT2D eigenvalue weighted by atomic mass is 16.2. The van der Waals surface area contributed by atoms with E-state index in [1.807, 2.05) is 12.1 Å². The molecule has 2 amide bonds. The van der Waals surface area contributed by atoms with Gasteiger partial charge in [0.05, 0.1) is 0 Å². The molecule has 0 aromatic heterocycles. The molecular formula is C16H24N4O. The van der Waals surface area contributed by atoms with Gasteiger partial charge >= 0.3 is 6.03 Å². The average Bonchev–Trinajstić information content (AvgIpc) is 2.80. The van der Waals surface area contributed by atoms with Gasteiger partial charge in [0, 0.05) is 30.5 Å². The SMILES string of the molecule is CN1CCCC(Nc2cccc(N3CCNC3=O)c2)CC1. The lowest BCUT2D eigenvalue weighted by Crippen LogP contribution is -2.28. The third-order valence-electron chi connectivity index (χ3n) is 4.34. The Labute approximate surface area is 126 Å². The number of urea groups is 1. The highest BCUT2D eigenvalue weighted by molar-refractivity contribution is 5.94. The van der Waals surface area contributed by atoms with E-state index in [-0.39, 0.29) is 6.03 Å². The van der Waals surface area contributed by atoms with Crippen molar-refractivity contribution in [3.63, 3.8) is 0 Å². The van der Waals surface area contributed by atoms with Crippen molar-refractivity contribution in [3.05, 3.63) is 24.3 Å². The summed E-state index contributed by atoms with van der Waals surface area (Å²) in [6.07, 6.45) is 3.62. The summed E-state index contributed by atoms with van der Waals surface area (Å²) < 4.78 is 0. The predicted molar refractivity (Wildman–Crippen MR) is 85.9 cm³/mol. The number of carbonyl (C=O) groups excluding carboxylic acids is 1. The quantitative estimate of drug-likeness (QED) is 0.895. The molecule has 2 heterocycles. The van der Waals surface area contributed by atoms with E-state index in [0.717, 1.165) is 31.0 Å². The Morgan fingerprint density at radius 2 is 2.14 bits per heavy atom. The molecule has 5 nitrogen and oxygen atoms in total. The number of amides is 2. The molecule has 0 aliphatic carbocycles. The molecule has 1 atom stereocenters. The maximum Gasteiger partial charge on any atom is 0.321 e. The van der Waals surface area contributed by atoms with Gasteiger partial charge in [-0.3, -0.25) is 4.90 Å². The number of carbonyl (C=O) groups is 1. The van der Waals surface area contributed by atoms with Crippen LogP contribution in [0.2, 0.25) is 0 Å². The van der Waals surface area contributed by atoms with Crippen molar-refractivity contribution in [2.75, 3.05) is 43.4 Å². The molecule has 5 heteroatoms. The van der Waals surface area contributed by atoms with E-state index in [1.54, 1.807) is 4.90 Å².